The van der Waals surface area contributed by atoms with Crippen LogP contribution in [0, 0.1) is 0 Å². The highest BCUT2D eigenvalue weighted by atomic mass is 35.5. The zero-order valence-corrected chi connectivity index (χ0v) is 18.0. The first-order valence-electron chi connectivity index (χ1n) is 9.51. The third-order valence-corrected chi connectivity index (χ3v) is 6.99. The molecule has 1 aliphatic rings. The molecule has 156 valence electrons. The number of benzene rings is 2. The number of nitrogens with zero attached hydrogens (tertiary/aromatic N) is 4. The number of hydrogen-bond donors (Lipinski definition) is 0. The Morgan fingerprint density at radius 2 is 1.93 bits per heavy atom. The highest BCUT2D eigenvalue weighted by Crippen LogP contribution is 2.31. The molecule has 4 rings (SSSR count). The SMILES string of the molecule is Cn1cc(S(=O)(=O)N(Cc2ccc(Cl)cc2)c2cccc(N3CCCC3=O)c2)cn1. The molecule has 0 unspecified atom stereocenters. The van der Waals surface area contributed by atoms with Gasteiger partial charge in [-0.05, 0) is 42.3 Å². The fraction of sp³-hybridized carbons (Fsp3) is 0.238. The Hall–Kier alpha value is -2.84. The Balaban J connectivity index is 1.77. The van der Waals surface area contributed by atoms with E-state index in [0.717, 1.165) is 12.0 Å². The van der Waals surface area contributed by atoms with Crippen LogP contribution in [0.15, 0.2) is 65.8 Å². The summed E-state index contributed by atoms with van der Waals surface area (Å²) in [7, 11) is -2.21. The first-order valence-corrected chi connectivity index (χ1v) is 11.3. The molecule has 0 N–H and O–H groups in total. The van der Waals surface area contributed by atoms with Crippen molar-refractivity contribution in [1.29, 1.82) is 0 Å². The molecule has 0 aliphatic carbocycles. The first-order chi connectivity index (χ1) is 14.3. The van der Waals surface area contributed by atoms with Gasteiger partial charge in [-0.25, -0.2) is 8.42 Å². The maximum Gasteiger partial charge on any atom is 0.267 e. The summed E-state index contributed by atoms with van der Waals surface area (Å²) in [5, 5.41) is 4.59. The molecule has 7 nitrogen and oxygen atoms in total. The maximum atomic E-state index is 13.5. The van der Waals surface area contributed by atoms with E-state index < -0.39 is 10.0 Å². The van der Waals surface area contributed by atoms with Crippen molar-refractivity contribution in [2.75, 3.05) is 15.7 Å². The number of aromatic nitrogens is 2. The van der Waals surface area contributed by atoms with E-state index in [0.29, 0.717) is 29.4 Å². The van der Waals surface area contributed by atoms with E-state index in [1.165, 1.54) is 21.4 Å². The Bertz CT molecular complexity index is 1170. The average Bonchev–Trinajstić information content (AvgIpc) is 3.36. The lowest BCUT2D eigenvalue weighted by atomic mass is 10.2. The van der Waals surface area contributed by atoms with Crippen molar-refractivity contribution >= 4 is 38.9 Å². The van der Waals surface area contributed by atoms with E-state index in [1.54, 1.807) is 54.4 Å². The topological polar surface area (TPSA) is 75.5 Å². The van der Waals surface area contributed by atoms with Gasteiger partial charge in [0.1, 0.15) is 4.90 Å². The second-order valence-corrected chi connectivity index (χ2v) is 9.46. The Morgan fingerprint density at radius 1 is 1.17 bits per heavy atom. The number of amides is 1. The number of halogens is 1. The minimum absolute atomic E-state index is 0.0477. The van der Waals surface area contributed by atoms with Crippen molar-refractivity contribution in [2.24, 2.45) is 7.05 Å². The Labute approximate surface area is 180 Å². The summed E-state index contributed by atoms with van der Waals surface area (Å²) in [6.07, 6.45) is 4.11. The van der Waals surface area contributed by atoms with Crippen molar-refractivity contribution in [1.82, 2.24) is 9.78 Å². The van der Waals surface area contributed by atoms with Crippen LogP contribution < -0.4 is 9.21 Å². The first kappa shape index (κ1) is 20.4. The van der Waals surface area contributed by atoms with Gasteiger partial charge in [0.15, 0.2) is 0 Å². The summed E-state index contributed by atoms with van der Waals surface area (Å²) in [4.78, 5) is 14.0. The third-order valence-electron chi connectivity index (χ3n) is 5.01. The Kier molecular flexibility index (Phi) is 5.53. The largest absolute Gasteiger partial charge is 0.312 e. The molecule has 0 radical (unpaired) electrons. The Morgan fingerprint density at radius 3 is 2.57 bits per heavy atom. The molecule has 1 aromatic heterocycles. The number of hydrogen-bond acceptors (Lipinski definition) is 4. The molecule has 0 atom stereocenters. The number of rotatable bonds is 6. The summed E-state index contributed by atoms with van der Waals surface area (Å²) in [5.41, 5.74) is 1.96. The van der Waals surface area contributed by atoms with Crippen LogP contribution in [0.5, 0.6) is 0 Å². The molecule has 3 aromatic rings. The average molecular weight is 445 g/mol. The van der Waals surface area contributed by atoms with Crippen LogP contribution in [0.1, 0.15) is 18.4 Å². The smallest absolute Gasteiger partial charge is 0.267 e. The number of anilines is 2. The molecule has 0 spiro atoms. The molecule has 1 saturated heterocycles. The van der Waals surface area contributed by atoms with Gasteiger partial charge in [0, 0.05) is 36.9 Å². The lowest BCUT2D eigenvalue weighted by Crippen LogP contribution is -2.31. The molecule has 0 bridgehead atoms. The van der Waals surface area contributed by atoms with E-state index in [9.17, 15) is 13.2 Å². The van der Waals surface area contributed by atoms with E-state index in [2.05, 4.69) is 5.10 Å². The van der Waals surface area contributed by atoms with Gasteiger partial charge in [-0.2, -0.15) is 5.10 Å². The summed E-state index contributed by atoms with van der Waals surface area (Å²) in [6, 6.07) is 14.1. The molecule has 30 heavy (non-hydrogen) atoms. The highest BCUT2D eigenvalue weighted by Gasteiger charge is 2.28. The normalized spacial score (nSPS) is 14.3. The van der Waals surface area contributed by atoms with Gasteiger partial charge in [-0.15, -0.1) is 0 Å². The predicted octanol–water partition coefficient (Wildman–Crippen LogP) is 3.60. The van der Waals surface area contributed by atoms with Crippen molar-refractivity contribution in [3.05, 3.63) is 71.5 Å². The summed E-state index contributed by atoms with van der Waals surface area (Å²) >= 11 is 5.98. The second-order valence-electron chi connectivity index (χ2n) is 7.16. The summed E-state index contributed by atoms with van der Waals surface area (Å²) < 4.78 is 29.7. The maximum absolute atomic E-state index is 13.5. The zero-order chi connectivity index (χ0) is 21.3. The van der Waals surface area contributed by atoms with Gasteiger partial charge in [-0.3, -0.25) is 13.8 Å². The fourth-order valence-electron chi connectivity index (χ4n) is 3.47. The van der Waals surface area contributed by atoms with E-state index in [1.807, 2.05) is 6.07 Å². The lowest BCUT2D eigenvalue weighted by Gasteiger charge is -2.26. The molecule has 2 heterocycles. The van der Waals surface area contributed by atoms with Crippen LogP contribution >= 0.6 is 11.6 Å². The van der Waals surface area contributed by atoms with Gasteiger partial charge < -0.3 is 4.90 Å². The van der Waals surface area contributed by atoms with Crippen molar-refractivity contribution in [2.45, 2.75) is 24.3 Å². The number of carbonyl (C=O) groups is 1. The van der Waals surface area contributed by atoms with Crippen LogP contribution in [0.3, 0.4) is 0 Å². The molecule has 9 heteroatoms. The van der Waals surface area contributed by atoms with Gasteiger partial charge in [-0.1, -0.05) is 29.8 Å². The molecule has 0 saturated carbocycles. The van der Waals surface area contributed by atoms with Crippen LogP contribution in [0.25, 0.3) is 0 Å². The molecule has 1 aliphatic heterocycles. The quantitative estimate of drug-likeness (QED) is 0.582. The molecular formula is C21H21ClN4O3S. The van der Waals surface area contributed by atoms with Crippen molar-refractivity contribution < 1.29 is 13.2 Å². The second kappa shape index (κ2) is 8.12. The number of sulfonamides is 1. The summed E-state index contributed by atoms with van der Waals surface area (Å²) in [5.74, 6) is 0.0477. The zero-order valence-electron chi connectivity index (χ0n) is 16.4. The molecule has 1 fully saturated rings. The molecule has 1 amide bonds. The van der Waals surface area contributed by atoms with Crippen LogP contribution in [-0.4, -0.2) is 30.7 Å². The number of carbonyl (C=O) groups excluding carboxylic acids is 1. The van der Waals surface area contributed by atoms with Crippen LogP contribution in [-0.2, 0) is 28.4 Å². The minimum atomic E-state index is -3.88. The fourth-order valence-corrected chi connectivity index (χ4v) is 5.02. The van der Waals surface area contributed by atoms with Crippen molar-refractivity contribution in [3.63, 3.8) is 0 Å². The monoisotopic (exact) mass is 444 g/mol. The lowest BCUT2D eigenvalue weighted by molar-refractivity contribution is -0.117. The van der Waals surface area contributed by atoms with E-state index in [4.69, 9.17) is 11.6 Å². The summed E-state index contributed by atoms with van der Waals surface area (Å²) in [6.45, 7) is 0.751. The van der Waals surface area contributed by atoms with Gasteiger partial charge in [0.25, 0.3) is 10.0 Å². The third kappa shape index (κ3) is 4.06. The molecule has 2 aromatic carbocycles. The minimum Gasteiger partial charge on any atom is -0.312 e. The molecular weight excluding hydrogens is 424 g/mol. The number of aryl methyl sites for hydroxylation is 1. The van der Waals surface area contributed by atoms with E-state index >= 15 is 0 Å². The van der Waals surface area contributed by atoms with Gasteiger partial charge in [0.05, 0.1) is 18.4 Å². The van der Waals surface area contributed by atoms with Crippen molar-refractivity contribution in [3.8, 4) is 0 Å². The van der Waals surface area contributed by atoms with Gasteiger partial charge >= 0.3 is 0 Å². The van der Waals surface area contributed by atoms with E-state index in [-0.39, 0.29) is 17.3 Å². The highest BCUT2D eigenvalue weighted by molar-refractivity contribution is 7.92. The predicted molar refractivity (Wildman–Crippen MR) is 116 cm³/mol. The van der Waals surface area contributed by atoms with Gasteiger partial charge in [0.2, 0.25) is 5.91 Å². The standard InChI is InChI=1S/C21H21ClN4O3S/c1-24-15-20(13-23-24)30(28,29)26(14-16-7-9-17(22)10-8-16)19-5-2-4-18(12-19)25-11-3-6-21(25)27/h2,4-5,7-10,12-13,15H,3,6,11,14H2,1H3. The van der Waals surface area contributed by atoms with Crippen LogP contribution in [0.2, 0.25) is 5.02 Å². The van der Waals surface area contributed by atoms with Crippen LogP contribution in [0.4, 0.5) is 11.4 Å².